The number of amides is 1. The fourth-order valence-corrected chi connectivity index (χ4v) is 2.75. The van der Waals surface area contributed by atoms with Gasteiger partial charge in [-0.3, -0.25) is 9.69 Å². The number of likely N-dealkylation sites (tertiary alicyclic amines) is 1. The van der Waals surface area contributed by atoms with Crippen molar-refractivity contribution in [2.75, 3.05) is 26.7 Å². The molecule has 0 saturated carbocycles. The van der Waals surface area contributed by atoms with E-state index in [0.29, 0.717) is 18.6 Å². The highest BCUT2D eigenvalue weighted by molar-refractivity contribution is 5.79. The monoisotopic (exact) mass is 309 g/mol. The molecule has 1 aliphatic heterocycles. The molecule has 1 N–H and O–H groups in total. The van der Waals surface area contributed by atoms with Crippen LogP contribution in [0.3, 0.4) is 0 Å². The number of carbonyl (C=O) groups excluding carboxylic acids is 1. The average Bonchev–Trinajstić information content (AvgIpc) is 2.50. The van der Waals surface area contributed by atoms with Gasteiger partial charge in [-0.25, -0.2) is 0 Å². The Balaban J connectivity index is 1.44. The summed E-state index contributed by atoms with van der Waals surface area (Å²) < 4.78 is 5.68. The predicted octanol–water partition coefficient (Wildman–Crippen LogP) is 1.62. The fourth-order valence-electron chi connectivity index (χ4n) is 2.75. The number of benzene rings is 1. The highest BCUT2D eigenvalue weighted by atomic mass is 16.5. The Morgan fingerprint density at radius 1 is 1.43 bits per heavy atom. The first kappa shape index (κ1) is 15.4. The minimum absolute atomic E-state index is 0.129. The molecule has 0 bridgehead atoms. The summed E-state index contributed by atoms with van der Waals surface area (Å²) >= 11 is 0. The molecule has 1 heterocycles. The second-order valence-corrected chi connectivity index (χ2v) is 5.93. The Morgan fingerprint density at radius 3 is 2.74 bits per heavy atom. The summed E-state index contributed by atoms with van der Waals surface area (Å²) in [5, 5.41) is 11.3. The van der Waals surface area contributed by atoms with Crippen molar-refractivity contribution >= 4 is 5.91 Å². The van der Waals surface area contributed by atoms with Gasteiger partial charge in [0.15, 0.2) is 0 Å². The molecule has 5 nitrogen and oxygen atoms in total. The van der Waals surface area contributed by atoms with E-state index in [1.165, 1.54) is 5.56 Å². The highest BCUT2D eigenvalue weighted by Gasteiger charge is 2.31. The summed E-state index contributed by atoms with van der Waals surface area (Å²) in [6.45, 7) is 2.98. The molecule has 5 heteroatoms. The molecule has 0 atom stereocenters. The van der Waals surface area contributed by atoms with E-state index in [1.807, 2.05) is 24.3 Å². The van der Waals surface area contributed by atoms with E-state index < -0.39 is 0 Å². The zero-order valence-corrected chi connectivity index (χ0v) is 13.1. The minimum Gasteiger partial charge on any atom is -0.489 e. The van der Waals surface area contributed by atoms with Crippen molar-refractivity contribution in [3.63, 3.8) is 0 Å². The largest absolute Gasteiger partial charge is 0.489 e. The molecule has 0 radical (unpaired) electrons. The van der Waals surface area contributed by atoms with Crippen molar-refractivity contribution < 1.29 is 9.53 Å². The number of nitrogens with one attached hydrogen (secondary N) is 1. The van der Waals surface area contributed by atoms with Gasteiger partial charge in [-0.05, 0) is 17.7 Å². The lowest BCUT2D eigenvalue weighted by Crippen LogP contribution is -2.52. The molecule has 0 unspecified atom stereocenters. The smallest absolute Gasteiger partial charge is 0.225 e. The van der Waals surface area contributed by atoms with Gasteiger partial charge in [0.1, 0.15) is 18.4 Å². The Labute approximate surface area is 135 Å². The maximum Gasteiger partial charge on any atom is 0.225 e. The molecule has 23 heavy (non-hydrogen) atoms. The van der Waals surface area contributed by atoms with E-state index in [9.17, 15) is 4.79 Å². The molecule has 1 aromatic carbocycles. The van der Waals surface area contributed by atoms with Crippen LogP contribution in [0, 0.1) is 17.2 Å². The van der Waals surface area contributed by atoms with Crippen LogP contribution in [0.25, 0.3) is 0 Å². The Bertz CT molecular complexity index is 703. The van der Waals surface area contributed by atoms with E-state index in [-0.39, 0.29) is 11.8 Å². The third-order valence-electron chi connectivity index (χ3n) is 4.17. The molecule has 1 aliphatic carbocycles. The standard InChI is InChI=1S/C18H19N3O2/c1-20-18(22)16-10-21(11-16)9-13-2-4-17(5-3-13)23-12-15-6-14(7-15)8-19/h2-5,16H,6,9-12H2,1H3,(H,20,22). The van der Waals surface area contributed by atoms with E-state index in [0.717, 1.165) is 31.0 Å². The van der Waals surface area contributed by atoms with E-state index in [2.05, 4.69) is 22.0 Å². The van der Waals surface area contributed by atoms with Gasteiger partial charge in [-0.15, -0.1) is 5.73 Å². The molecule has 1 saturated heterocycles. The third-order valence-corrected chi connectivity index (χ3v) is 4.17. The molecule has 1 fully saturated rings. The van der Waals surface area contributed by atoms with Crippen LogP contribution in [0.5, 0.6) is 5.75 Å². The maximum absolute atomic E-state index is 11.5. The number of ether oxygens (including phenoxy) is 1. The molecule has 118 valence electrons. The third kappa shape index (κ3) is 3.62. The van der Waals surface area contributed by atoms with E-state index >= 15 is 0 Å². The van der Waals surface area contributed by atoms with Crippen molar-refractivity contribution in [1.82, 2.24) is 10.2 Å². The topological polar surface area (TPSA) is 65.4 Å². The quantitative estimate of drug-likeness (QED) is 0.811. The first-order valence-corrected chi connectivity index (χ1v) is 7.71. The zero-order valence-electron chi connectivity index (χ0n) is 13.1. The first-order chi connectivity index (χ1) is 11.2. The number of hydrogen-bond donors (Lipinski definition) is 1. The van der Waals surface area contributed by atoms with Crippen LogP contribution in [-0.2, 0) is 11.3 Å². The Hall–Kier alpha value is -2.54. The predicted molar refractivity (Wildman–Crippen MR) is 85.5 cm³/mol. The second-order valence-electron chi connectivity index (χ2n) is 5.93. The summed E-state index contributed by atoms with van der Waals surface area (Å²) in [5.41, 5.74) is 5.92. The van der Waals surface area contributed by atoms with Crippen LogP contribution in [-0.4, -0.2) is 37.6 Å². The number of nitrogens with zero attached hydrogens (tertiary/aromatic N) is 2. The molecule has 1 amide bonds. The van der Waals surface area contributed by atoms with Gasteiger partial charge >= 0.3 is 0 Å². The van der Waals surface area contributed by atoms with Crippen molar-refractivity contribution in [2.24, 2.45) is 5.92 Å². The lowest BCUT2D eigenvalue weighted by Gasteiger charge is -2.38. The van der Waals surface area contributed by atoms with Crippen LogP contribution in [0.1, 0.15) is 12.0 Å². The van der Waals surface area contributed by atoms with Crippen LogP contribution in [0.2, 0.25) is 0 Å². The highest BCUT2D eigenvalue weighted by Crippen LogP contribution is 2.22. The van der Waals surface area contributed by atoms with Gasteiger partial charge in [-0.1, -0.05) is 12.1 Å². The SMILES string of the molecule is CNC(=O)C1CN(Cc2ccc(OCC3=C=C(C#N)C3)cc2)C1. The van der Waals surface area contributed by atoms with Crippen LogP contribution < -0.4 is 10.1 Å². The molecule has 0 spiro atoms. The van der Waals surface area contributed by atoms with Gasteiger partial charge in [0.05, 0.1) is 11.5 Å². The van der Waals surface area contributed by atoms with E-state index in [1.54, 1.807) is 7.05 Å². The van der Waals surface area contributed by atoms with Crippen molar-refractivity contribution in [3.05, 3.63) is 46.7 Å². The molecular formula is C18H19N3O2. The van der Waals surface area contributed by atoms with E-state index in [4.69, 9.17) is 10.00 Å². The average molecular weight is 309 g/mol. The van der Waals surface area contributed by atoms with Crippen LogP contribution in [0.15, 0.2) is 41.1 Å². The van der Waals surface area contributed by atoms with Crippen molar-refractivity contribution in [3.8, 4) is 11.8 Å². The molecular weight excluding hydrogens is 290 g/mol. The molecule has 2 aliphatic rings. The maximum atomic E-state index is 11.5. The lowest BCUT2D eigenvalue weighted by atomic mass is 9.98. The molecule has 3 rings (SSSR count). The first-order valence-electron chi connectivity index (χ1n) is 7.71. The van der Waals surface area contributed by atoms with Gasteiger partial charge in [-0.2, -0.15) is 5.26 Å². The summed E-state index contributed by atoms with van der Waals surface area (Å²) in [6.07, 6.45) is 0.691. The molecule has 0 aromatic heterocycles. The summed E-state index contributed by atoms with van der Waals surface area (Å²) in [4.78, 5) is 13.7. The Kier molecular flexibility index (Phi) is 4.47. The minimum atomic E-state index is 0.129. The van der Waals surface area contributed by atoms with Gasteiger partial charge < -0.3 is 10.1 Å². The van der Waals surface area contributed by atoms with Crippen LogP contribution >= 0.6 is 0 Å². The summed E-state index contributed by atoms with van der Waals surface area (Å²) in [5.74, 6) is 1.08. The van der Waals surface area contributed by atoms with Gasteiger partial charge in [0.25, 0.3) is 0 Å². The van der Waals surface area contributed by atoms with Gasteiger partial charge in [0, 0.05) is 38.7 Å². The number of rotatable bonds is 6. The normalized spacial score (nSPS) is 17.2. The number of nitriles is 1. The van der Waals surface area contributed by atoms with Crippen LogP contribution in [0.4, 0.5) is 0 Å². The number of carbonyl (C=O) groups is 1. The fraction of sp³-hybridized carbons (Fsp3) is 0.389. The summed E-state index contributed by atoms with van der Waals surface area (Å²) in [6, 6.07) is 10.1. The second kappa shape index (κ2) is 6.70. The Morgan fingerprint density at radius 2 is 2.13 bits per heavy atom. The zero-order chi connectivity index (χ0) is 16.2. The summed E-state index contributed by atoms with van der Waals surface area (Å²) in [7, 11) is 1.68. The van der Waals surface area contributed by atoms with Gasteiger partial charge in [0.2, 0.25) is 5.91 Å². The number of hydrogen-bond acceptors (Lipinski definition) is 4. The lowest BCUT2D eigenvalue weighted by molar-refractivity contribution is -0.129. The van der Waals surface area contributed by atoms with Crippen molar-refractivity contribution in [1.29, 1.82) is 5.26 Å². The van der Waals surface area contributed by atoms with Crippen molar-refractivity contribution in [2.45, 2.75) is 13.0 Å². The molecule has 1 aromatic rings.